The predicted molar refractivity (Wildman–Crippen MR) is 248 cm³/mol. The van der Waals surface area contributed by atoms with E-state index in [1.807, 2.05) is 0 Å². The molecule has 0 radical (unpaired) electrons. The molecule has 0 bridgehead atoms. The van der Waals surface area contributed by atoms with Crippen molar-refractivity contribution in [2.75, 3.05) is 0 Å². The highest BCUT2D eigenvalue weighted by Crippen LogP contribution is 2.67. The summed E-state index contributed by atoms with van der Waals surface area (Å²) in [6.45, 7) is 17.4. The third-order valence-electron chi connectivity index (χ3n) is 16.3. The summed E-state index contributed by atoms with van der Waals surface area (Å²) in [6.07, 6.45) is 54.4. The van der Waals surface area contributed by atoms with E-state index in [0.717, 1.165) is 86.4 Å². The Hall–Kier alpha value is -1.83. The molecule has 57 heavy (non-hydrogen) atoms. The molecule has 0 spiro atoms. The van der Waals surface area contributed by atoms with Gasteiger partial charge in [-0.2, -0.15) is 0 Å². The molecule has 324 valence electrons. The molecule has 4 aliphatic carbocycles. The van der Waals surface area contributed by atoms with Crippen molar-refractivity contribution in [3.8, 4) is 0 Å². The molecule has 2 heteroatoms. The van der Waals surface area contributed by atoms with Crippen molar-refractivity contribution >= 4 is 5.97 Å². The summed E-state index contributed by atoms with van der Waals surface area (Å²) in [5.74, 6) is 6.11. The van der Waals surface area contributed by atoms with Crippen LogP contribution >= 0.6 is 0 Å². The molecule has 0 aromatic rings. The van der Waals surface area contributed by atoms with Gasteiger partial charge in [-0.3, -0.25) is 4.79 Å². The minimum atomic E-state index is 0.0510. The lowest BCUT2D eigenvalue weighted by molar-refractivity contribution is -0.151. The Morgan fingerprint density at radius 3 is 1.96 bits per heavy atom. The molecule has 0 saturated heterocycles. The molecule has 0 amide bonds. The van der Waals surface area contributed by atoms with Crippen LogP contribution in [0, 0.1) is 52.3 Å². The van der Waals surface area contributed by atoms with Crippen LogP contribution < -0.4 is 0 Å². The number of hydrogen-bond donors (Lipinski definition) is 0. The molecule has 0 N–H and O–H groups in total. The van der Waals surface area contributed by atoms with Gasteiger partial charge in [-0.15, -0.1) is 0 Å². The zero-order valence-corrected chi connectivity index (χ0v) is 38.7. The molecule has 0 aromatic carbocycles. The second-order valence-corrected chi connectivity index (χ2v) is 20.4. The smallest absolute Gasteiger partial charge is 0.306 e. The Bertz CT molecular complexity index is 1280. The summed E-state index contributed by atoms with van der Waals surface area (Å²) in [6, 6.07) is 0. The lowest BCUT2D eigenvalue weighted by Gasteiger charge is -2.58. The van der Waals surface area contributed by atoms with E-state index < -0.39 is 0 Å². The van der Waals surface area contributed by atoms with E-state index in [0.29, 0.717) is 17.3 Å². The Kier molecular flexibility index (Phi) is 21.6. The maximum Gasteiger partial charge on any atom is 0.306 e. The van der Waals surface area contributed by atoms with Crippen molar-refractivity contribution in [1.29, 1.82) is 0 Å². The Morgan fingerprint density at radius 1 is 0.719 bits per heavy atom. The van der Waals surface area contributed by atoms with Crippen molar-refractivity contribution in [2.24, 2.45) is 52.3 Å². The second kappa shape index (κ2) is 25.7. The van der Waals surface area contributed by atoms with Crippen LogP contribution in [0.25, 0.3) is 0 Å². The van der Waals surface area contributed by atoms with Crippen LogP contribution in [0.2, 0.25) is 0 Å². The van der Waals surface area contributed by atoms with E-state index in [9.17, 15) is 4.79 Å². The van der Waals surface area contributed by atoms with Crippen LogP contribution in [0.3, 0.4) is 0 Å². The van der Waals surface area contributed by atoms with E-state index in [2.05, 4.69) is 103 Å². The van der Waals surface area contributed by atoms with E-state index in [1.54, 1.807) is 5.57 Å². The third-order valence-corrected chi connectivity index (χ3v) is 16.3. The Labute approximate surface area is 354 Å². The molecular formula is C55H92O2. The van der Waals surface area contributed by atoms with Crippen LogP contribution in [0.4, 0.5) is 0 Å². The van der Waals surface area contributed by atoms with Gasteiger partial charge in [-0.1, -0.05) is 167 Å². The minimum Gasteiger partial charge on any atom is -0.462 e. The van der Waals surface area contributed by atoms with E-state index in [4.69, 9.17) is 4.74 Å². The van der Waals surface area contributed by atoms with Gasteiger partial charge in [0.05, 0.1) is 0 Å². The summed E-state index contributed by atoms with van der Waals surface area (Å²) in [5, 5.41) is 0. The highest BCUT2D eigenvalue weighted by molar-refractivity contribution is 5.69. The molecule has 0 aromatic heterocycles. The van der Waals surface area contributed by atoms with Gasteiger partial charge in [0.1, 0.15) is 6.10 Å². The summed E-state index contributed by atoms with van der Waals surface area (Å²) < 4.78 is 6.16. The lowest BCUT2D eigenvalue weighted by Crippen LogP contribution is -2.51. The molecule has 4 aliphatic rings. The van der Waals surface area contributed by atoms with Gasteiger partial charge < -0.3 is 4.74 Å². The van der Waals surface area contributed by atoms with E-state index in [-0.39, 0.29) is 12.1 Å². The first-order valence-corrected chi connectivity index (χ1v) is 25.1. The Balaban J connectivity index is 1.03. The molecule has 0 aliphatic heterocycles. The average Bonchev–Trinajstić information content (AvgIpc) is 3.55. The van der Waals surface area contributed by atoms with Gasteiger partial charge in [-0.25, -0.2) is 0 Å². The zero-order valence-electron chi connectivity index (χ0n) is 38.7. The van der Waals surface area contributed by atoms with Gasteiger partial charge in [-0.05, 0) is 155 Å². The normalized spacial score (nSPS) is 30.0. The van der Waals surface area contributed by atoms with Crippen LogP contribution in [0.15, 0.2) is 60.3 Å². The van der Waals surface area contributed by atoms with Crippen molar-refractivity contribution in [3.63, 3.8) is 0 Å². The number of esters is 1. The number of hydrogen-bond acceptors (Lipinski definition) is 2. The van der Waals surface area contributed by atoms with Crippen LogP contribution in [-0.2, 0) is 9.53 Å². The van der Waals surface area contributed by atoms with Gasteiger partial charge >= 0.3 is 5.97 Å². The topological polar surface area (TPSA) is 26.3 Å². The highest BCUT2D eigenvalue weighted by atomic mass is 16.5. The summed E-state index contributed by atoms with van der Waals surface area (Å²) in [7, 11) is 0. The third kappa shape index (κ3) is 14.7. The average molecular weight is 785 g/mol. The number of ether oxygens (including phenoxy) is 1. The van der Waals surface area contributed by atoms with Crippen LogP contribution in [0.1, 0.15) is 222 Å². The van der Waals surface area contributed by atoms with Crippen molar-refractivity contribution in [3.05, 3.63) is 60.3 Å². The standard InChI is InChI=1S/C55H92O2/c1-8-10-11-12-13-14-15-16-17-18-19-20-21-22-23-24-25-26-27-28-29-30-31-32-53(56)57-48-39-41-54(6)47(43-48)35-36-49-51-38-37-50(55(51,7)42-40-52(49)54)45(5)33-34-46(9-2)44(3)4/h13-14,16-17,19-20,22-23,35,44-46,48-52H,8-12,15,18,21,24-34,36-43H2,1-7H3/b14-13-,17-16-,20-19-,23-22-. The first kappa shape index (κ1) is 47.8. The summed E-state index contributed by atoms with van der Waals surface area (Å²) in [4.78, 5) is 12.9. The fourth-order valence-electron chi connectivity index (χ4n) is 12.6. The molecule has 2 nitrogen and oxygen atoms in total. The summed E-state index contributed by atoms with van der Waals surface area (Å²) in [5.41, 5.74) is 2.49. The minimum absolute atomic E-state index is 0.0510. The quantitative estimate of drug-likeness (QED) is 0.0471. The van der Waals surface area contributed by atoms with E-state index in [1.165, 1.54) is 122 Å². The summed E-state index contributed by atoms with van der Waals surface area (Å²) >= 11 is 0. The van der Waals surface area contributed by atoms with Crippen molar-refractivity contribution in [1.82, 2.24) is 0 Å². The number of allylic oxidation sites excluding steroid dienone is 9. The van der Waals surface area contributed by atoms with Crippen molar-refractivity contribution < 1.29 is 9.53 Å². The molecule has 3 saturated carbocycles. The van der Waals surface area contributed by atoms with Crippen LogP contribution in [-0.4, -0.2) is 12.1 Å². The molecular weight excluding hydrogens is 693 g/mol. The second-order valence-electron chi connectivity index (χ2n) is 20.4. The largest absolute Gasteiger partial charge is 0.462 e. The fourth-order valence-corrected chi connectivity index (χ4v) is 12.6. The first-order valence-electron chi connectivity index (χ1n) is 25.1. The number of carbonyl (C=O) groups is 1. The molecule has 4 rings (SSSR count). The number of rotatable bonds is 27. The van der Waals surface area contributed by atoms with E-state index >= 15 is 0 Å². The fraction of sp³-hybridized carbons (Fsp3) is 0.800. The van der Waals surface area contributed by atoms with Gasteiger partial charge in [0.25, 0.3) is 0 Å². The number of unbranched alkanes of at least 4 members (excludes halogenated alkanes) is 10. The molecule has 9 atom stereocenters. The number of fused-ring (bicyclic) bond motifs is 5. The predicted octanol–water partition coefficient (Wildman–Crippen LogP) is 17.1. The highest BCUT2D eigenvalue weighted by Gasteiger charge is 2.59. The first-order chi connectivity index (χ1) is 27.6. The van der Waals surface area contributed by atoms with Gasteiger partial charge in [0.15, 0.2) is 0 Å². The molecule has 0 heterocycles. The van der Waals surface area contributed by atoms with Crippen molar-refractivity contribution in [2.45, 2.75) is 228 Å². The maximum absolute atomic E-state index is 12.9. The van der Waals surface area contributed by atoms with Gasteiger partial charge in [0.2, 0.25) is 0 Å². The monoisotopic (exact) mass is 785 g/mol. The molecule has 9 unspecified atom stereocenters. The molecule has 3 fully saturated rings. The number of carbonyl (C=O) groups excluding carboxylic acids is 1. The Morgan fingerprint density at radius 2 is 1.33 bits per heavy atom. The van der Waals surface area contributed by atoms with Crippen LogP contribution in [0.5, 0.6) is 0 Å². The van der Waals surface area contributed by atoms with Gasteiger partial charge in [0, 0.05) is 12.8 Å². The SMILES string of the molecule is CCCCC/C=C\C/C=C\C/C=C\C/C=C\CCCCCCCCCC(=O)OC1CCC2(C)C(=CCC3C2CCC2(C)C(C(C)CCC(CC)C(C)C)CCC32)C1. The lowest BCUT2D eigenvalue weighted by atomic mass is 9.47. The maximum atomic E-state index is 12.9. The zero-order chi connectivity index (χ0) is 40.9.